The Balaban J connectivity index is 1.79. The summed E-state index contributed by atoms with van der Waals surface area (Å²) in [5, 5.41) is 0. The van der Waals surface area contributed by atoms with Crippen LogP contribution in [0.15, 0.2) is 30.3 Å². The van der Waals surface area contributed by atoms with Crippen molar-refractivity contribution in [2.24, 2.45) is 0 Å². The SMILES string of the molecule is c1ccc(Cn2c3c(c4c2CCC4)CCC3)cc1. The van der Waals surface area contributed by atoms with Gasteiger partial charge < -0.3 is 4.57 Å². The molecule has 1 aromatic carbocycles. The van der Waals surface area contributed by atoms with Gasteiger partial charge in [0.1, 0.15) is 0 Å². The van der Waals surface area contributed by atoms with Gasteiger partial charge in [-0.1, -0.05) is 30.3 Å². The summed E-state index contributed by atoms with van der Waals surface area (Å²) in [6, 6.07) is 10.9. The van der Waals surface area contributed by atoms with Crippen molar-refractivity contribution in [1.29, 1.82) is 0 Å². The van der Waals surface area contributed by atoms with E-state index >= 15 is 0 Å². The summed E-state index contributed by atoms with van der Waals surface area (Å²) in [5.74, 6) is 0. The van der Waals surface area contributed by atoms with Gasteiger partial charge in [-0.05, 0) is 55.2 Å². The average Bonchev–Trinajstić information content (AvgIpc) is 3.08. The van der Waals surface area contributed by atoms with Crippen LogP contribution < -0.4 is 0 Å². The molecule has 0 amide bonds. The predicted molar refractivity (Wildman–Crippen MR) is 74.0 cm³/mol. The molecule has 2 aliphatic rings. The Morgan fingerprint density at radius 3 is 2.00 bits per heavy atom. The summed E-state index contributed by atoms with van der Waals surface area (Å²) >= 11 is 0. The van der Waals surface area contributed by atoms with E-state index in [9.17, 15) is 0 Å². The maximum absolute atomic E-state index is 2.64. The average molecular weight is 237 g/mol. The fourth-order valence-corrected chi connectivity index (χ4v) is 3.82. The van der Waals surface area contributed by atoms with Crippen LogP contribution in [0.5, 0.6) is 0 Å². The van der Waals surface area contributed by atoms with Gasteiger partial charge in [-0.25, -0.2) is 0 Å². The first-order valence-corrected chi connectivity index (χ1v) is 7.19. The number of nitrogens with zero attached hydrogens (tertiary/aromatic N) is 1. The molecule has 0 atom stereocenters. The summed E-state index contributed by atoms with van der Waals surface area (Å²) in [4.78, 5) is 0. The number of hydrogen-bond donors (Lipinski definition) is 0. The van der Waals surface area contributed by atoms with E-state index in [0.717, 1.165) is 6.54 Å². The molecule has 1 aromatic heterocycles. The summed E-state index contributed by atoms with van der Waals surface area (Å²) in [7, 11) is 0. The Morgan fingerprint density at radius 2 is 1.39 bits per heavy atom. The van der Waals surface area contributed by atoms with Crippen LogP contribution >= 0.6 is 0 Å². The van der Waals surface area contributed by atoms with Crippen LogP contribution in [-0.2, 0) is 32.2 Å². The minimum absolute atomic E-state index is 1.08. The largest absolute Gasteiger partial charge is 0.344 e. The predicted octanol–water partition coefficient (Wildman–Crippen LogP) is 3.51. The molecule has 2 aromatic rings. The van der Waals surface area contributed by atoms with Crippen molar-refractivity contribution in [2.45, 2.75) is 45.1 Å². The zero-order chi connectivity index (χ0) is 11.9. The second-order valence-corrected chi connectivity index (χ2v) is 5.63. The highest BCUT2D eigenvalue weighted by Crippen LogP contribution is 2.36. The maximum Gasteiger partial charge on any atom is 0.0475 e. The topological polar surface area (TPSA) is 4.93 Å². The van der Waals surface area contributed by atoms with Crippen molar-refractivity contribution in [3.63, 3.8) is 0 Å². The molecule has 1 nitrogen and oxygen atoms in total. The molecule has 18 heavy (non-hydrogen) atoms. The van der Waals surface area contributed by atoms with Crippen molar-refractivity contribution >= 4 is 0 Å². The molecule has 0 bridgehead atoms. The van der Waals surface area contributed by atoms with Gasteiger partial charge in [-0.3, -0.25) is 0 Å². The van der Waals surface area contributed by atoms with E-state index in [1.165, 1.54) is 44.1 Å². The quantitative estimate of drug-likeness (QED) is 0.753. The lowest BCUT2D eigenvalue weighted by molar-refractivity contribution is 0.698. The first-order valence-electron chi connectivity index (χ1n) is 7.19. The number of aromatic nitrogens is 1. The first-order chi connectivity index (χ1) is 8.93. The molecule has 0 fully saturated rings. The van der Waals surface area contributed by atoms with Gasteiger partial charge in [-0.15, -0.1) is 0 Å². The van der Waals surface area contributed by atoms with Crippen LogP contribution in [0, 0.1) is 0 Å². The number of fused-ring (bicyclic) bond motifs is 3. The normalized spacial score (nSPS) is 16.9. The van der Waals surface area contributed by atoms with E-state index in [-0.39, 0.29) is 0 Å². The van der Waals surface area contributed by atoms with Gasteiger partial charge >= 0.3 is 0 Å². The summed E-state index contributed by atoms with van der Waals surface area (Å²) in [5.41, 5.74) is 8.20. The molecule has 0 aliphatic heterocycles. The lowest BCUT2D eigenvalue weighted by Gasteiger charge is -2.11. The van der Waals surface area contributed by atoms with Gasteiger partial charge in [0.15, 0.2) is 0 Å². The Labute approximate surface area is 108 Å². The molecule has 0 N–H and O–H groups in total. The molecule has 92 valence electrons. The Morgan fingerprint density at radius 1 is 0.778 bits per heavy atom. The molecule has 0 saturated carbocycles. The fraction of sp³-hybridized carbons (Fsp3) is 0.412. The van der Waals surface area contributed by atoms with Gasteiger partial charge in [-0.2, -0.15) is 0 Å². The van der Waals surface area contributed by atoms with Crippen LogP contribution in [0.4, 0.5) is 0 Å². The van der Waals surface area contributed by atoms with E-state index < -0.39 is 0 Å². The van der Waals surface area contributed by atoms with Gasteiger partial charge in [0, 0.05) is 17.9 Å². The second kappa shape index (κ2) is 4.01. The molecule has 1 heterocycles. The smallest absolute Gasteiger partial charge is 0.0475 e. The summed E-state index contributed by atoms with van der Waals surface area (Å²) in [6.45, 7) is 1.08. The second-order valence-electron chi connectivity index (χ2n) is 5.63. The lowest BCUT2D eigenvalue weighted by Crippen LogP contribution is -2.07. The fourth-order valence-electron chi connectivity index (χ4n) is 3.82. The molecule has 0 unspecified atom stereocenters. The van der Waals surface area contributed by atoms with Gasteiger partial charge in [0.25, 0.3) is 0 Å². The zero-order valence-electron chi connectivity index (χ0n) is 10.8. The molecule has 1 heteroatoms. The standard InChI is InChI=1S/C17H19N/c1-2-6-13(7-3-1)12-18-16-10-4-8-14(16)15-9-5-11-17(15)18/h1-3,6-7H,4-5,8-12H2. The molecular weight excluding hydrogens is 218 g/mol. The Bertz CT molecular complexity index is 546. The number of benzene rings is 1. The van der Waals surface area contributed by atoms with Crippen LogP contribution in [0.2, 0.25) is 0 Å². The van der Waals surface area contributed by atoms with Crippen molar-refractivity contribution in [3.05, 3.63) is 58.4 Å². The van der Waals surface area contributed by atoms with Crippen molar-refractivity contribution < 1.29 is 0 Å². The molecule has 2 aliphatic carbocycles. The third kappa shape index (κ3) is 1.46. The van der Waals surface area contributed by atoms with Crippen LogP contribution in [0.3, 0.4) is 0 Å². The monoisotopic (exact) mass is 237 g/mol. The first kappa shape index (κ1) is 10.4. The minimum Gasteiger partial charge on any atom is -0.344 e. The van der Waals surface area contributed by atoms with Crippen LogP contribution in [0.1, 0.15) is 40.9 Å². The third-order valence-electron chi connectivity index (χ3n) is 4.58. The Kier molecular flexibility index (Phi) is 2.32. The lowest BCUT2D eigenvalue weighted by atomic mass is 10.1. The molecular formula is C17H19N. The van der Waals surface area contributed by atoms with Crippen molar-refractivity contribution in [2.75, 3.05) is 0 Å². The van der Waals surface area contributed by atoms with E-state index in [4.69, 9.17) is 0 Å². The maximum atomic E-state index is 2.64. The molecule has 4 rings (SSSR count). The van der Waals surface area contributed by atoms with E-state index in [0.29, 0.717) is 0 Å². The highest BCUT2D eigenvalue weighted by Gasteiger charge is 2.28. The Hall–Kier alpha value is -1.50. The van der Waals surface area contributed by atoms with Crippen LogP contribution in [-0.4, -0.2) is 4.57 Å². The van der Waals surface area contributed by atoms with Crippen molar-refractivity contribution in [1.82, 2.24) is 4.57 Å². The highest BCUT2D eigenvalue weighted by molar-refractivity contribution is 5.44. The molecule has 0 spiro atoms. The van der Waals surface area contributed by atoms with E-state index in [1.807, 2.05) is 0 Å². The molecule has 0 saturated heterocycles. The summed E-state index contributed by atoms with van der Waals surface area (Å²) < 4.78 is 2.64. The third-order valence-corrected chi connectivity index (χ3v) is 4.58. The zero-order valence-corrected chi connectivity index (χ0v) is 10.8. The van der Waals surface area contributed by atoms with E-state index in [1.54, 1.807) is 22.5 Å². The number of hydrogen-bond acceptors (Lipinski definition) is 0. The van der Waals surface area contributed by atoms with Gasteiger partial charge in [0.2, 0.25) is 0 Å². The summed E-state index contributed by atoms with van der Waals surface area (Å²) in [6.07, 6.45) is 8.00. The molecule has 0 radical (unpaired) electrons. The van der Waals surface area contributed by atoms with Gasteiger partial charge in [0.05, 0.1) is 0 Å². The highest BCUT2D eigenvalue weighted by atomic mass is 15.0. The van der Waals surface area contributed by atoms with E-state index in [2.05, 4.69) is 34.9 Å². The van der Waals surface area contributed by atoms with Crippen molar-refractivity contribution in [3.8, 4) is 0 Å². The number of rotatable bonds is 2. The minimum atomic E-state index is 1.08. The van der Waals surface area contributed by atoms with Crippen LogP contribution in [0.25, 0.3) is 0 Å².